The maximum absolute atomic E-state index is 11.3. The lowest BCUT2D eigenvalue weighted by atomic mass is 10.2. The Morgan fingerprint density at radius 1 is 1.50 bits per heavy atom. The standard InChI is InChI=1S/C10H14N2O2/c1-10(2,3)14-9(13)12-8-5-4-6-11-7-8/h4-7H,1-3H3,(H,12,13)/p+1. The van der Waals surface area contributed by atoms with E-state index in [0.29, 0.717) is 0 Å². The van der Waals surface area contributed by atoms with Gasteiger partial charge < -0.3 is 4.74 Å². The number of carbonyl (C=O) groups is 1. The molecule has 14 heavy (non-hydrogen) atoms. The van der Waals surface area contributed by atoms with Crippen LogP contribution in [0.1, 0.15) is 20.8 Å². The van der Waals surface area contributed by atoms with Gasteiger partial charge in [0.2, 0.25) is 0 Å². The van der Waals surface area contributed by atoms with Gasteiger partial charge in [0, 0.05) is 12.3 Å². The zero-order valence-electron chi connectivity index (χ0n) is 8.65. The highest BCUT2D eigenvalue weighted by Gasteiger charge is 2.19. The van der Waals surface area contributed by atoms with Gasteiger partial charge in [0.05, 0.1) is 6.20 Å². The zero-order chi connectivity index (χ0) is 10.6. The number of carbonyl (C=O) groups excluding carboxylic acids is 1. The quantitative estimate of drug-likeness (QED) is 0.732. The van der Waals surface area contributed by atoms with E-state index in [1.165, 1.54) is 5.32 Å². The zero-order valence-corrected chi connectivity index (χ0v) is 8.65. The summed E-state index contributed by atoms with van der Waals surface area (Å²) in [6, 6.07) is 3.58. The predicted molar refractivity (Wildman–Crippen MR) is 52.1 cm³/mol. The van der Waals surface area contributed by atoms with Crippen LogP contribution in [0.15, 0.2) is 24.5 Å². The summed E-state index contributed by atoms with van der Waals surface area (Å²) in [6.45, 7) is 5.51. The average Bonchev–Trinajstić information content (AvgIpc) is 2.02. The van der Waals surface area contributed by atoms with Crippen LogP contribution in [0, 0.1) is 0 Å². The van der Waals surface area contributed by atoms with Crippen LogP contribution >= 0.6 is 0 Å². The molecule has 1 aromatic rings. The number of hydrogen-bond acceptors (Lipinski definition) is 3. The third-order valence-electron chi connectivity index (χ3n) is 1.38. The maximum Gasteiger partial charge on any atom is 0.518 e. The van der Waals surface area contributed by atoms with E-state index in [4.69, 9.17) is 4.74 Å². The second kappa shape index (κ2) is 4.19. The normalized spacial score (nSPS) is 11.1. The van der Waals surface area contributed by atoms with Gasteiger partial charge in [-0.2, -0.15) is 4.79 Å². The van der Waals surface area contributed by atoms with E-state index in [-0.39, 0.29) is 6.09 Å². The van der Waals surface area contributed by atoms with E-state index >= 15 is 0 Å². The maximum atomic E-state index is 11.3. The molecule has 0 bridgehead atoms. The summed E-state index contributed by atoms with van der Waals surface area (Å²) >= 11 is 0. The van der Waals surface area contributed by atoms with Crippen molar-refractivity contribution in [3.8, 4) is 0 Å². The average molecular weight is 195 g/mol. The molecule has 0 aromatic carbocycles. The number of rotatable bonds is 1. The van der Waals surface area contributed by atoms with Crippen molar-refractivity contribution in [3.63, 3.8) is 0 Å². The predicted octanol–water partition coefficient (Wildman–Crippen LogP) is 1.21. The van der Waals surface area contributed by atoms with Crippen molar-refractivity contribution < 1.29 is 14.8 Å². The number of primary amides is 1. The molecule has 1 aromatic heterocycles. The third kappa shape index (κ3) is 4.00. The number of aromatic nitrogens is 1. The van der Waals surface area contributed by atoms with Gasteiger partial charge >= 0.3 is 6.09 Å². The second-order valence-corrected chi connectivity index (χ2v) is 3.96. The lowest BCUT2D eigenvalue weighted by molar-refractivity contribution is -0.486. The molecule has 0 aliphatic carbocycles. The van der Waals surface area contributed by atoms with Crippen LogP contribution in [-0.4, -0.2) is 16.7 Å². The number of pyridine rings is 1. The van der Waals surface area contributed by atoms with Gasteiger partial charge in [-0.1, -0.05) is 0 Å². The highest BCUT2D eigenvalue weighted by atomic mass is 16.6. The molecule has 0 saturated carbocycles. The number of quaternary nitrogens is 1. The molecule has 0 saturated heterocycles. The van der Waals surface area contributed by atoms with E-state index in [9.17, 15) is 4.79 Å². The van der Waals surface area contributed by atoms with E-state index in [2.05, 4.69) is 4.98 Å². The first-order valence-corrected chi connectivity index (χ1v) is 4.45. The van der Waals surface area contributed by atoms with Crippen LogP contribution in [-0.2, 0) is 4.74 Å². The van der Waals surface area contributed by atoms with Gasteiger partial charge in [0.1, 0.15) is 5.60 Å². The van der Waals surface area contributed by atoms with Crippen molar-refractivity contribution in [3.05, 3.63) is 24.5 Å². The van der Waals surface area contributed by atoms with Crippen LogP contribution in [0.5, 0.6) is 0 Å². The van der Waals surface area contributed by atoms with Crippen molar-refractivity contribution in [2.75, 3.05) is 0 Å². The first-order chi connectivity index (χ1) is 6.47. The van der Waals surface area contributed by atoms with Gasteiger partial charge in [-0.3, -0.25) is 4.98 Å². The minimum atomic E-state index is -0.449. The Bertz CT molecular complexity index is 304. The number of hydrogen-bond donors (Lipinski definition) is 1. The Labute approximate surface area is 83.3 Å². The molecule has 0 unspecified atom stereocenters. The topological polar surface area (TPSA) is 55.8 Å². The smallest absolute Gasteiger partial charge is 0.414 e. The lowest BCUT2D eigenvalue weighted by Gasteiger charge is -2.16. The summed E-state index contributed by atoms with van der Waals surface area (Å²) in [5.74, 6) is 0. The van der Waals surface area contributed by atoms with Crippen LogP contribution in [0.25, 0.3) is 0 Å². The summed E-state index contributed by atoms with van der Waals surface area (Å²) in [5, 5.41) is 1.43. The number of ether oxygens (including phenoxy) is 1. The minimum absolute atomic E-state index is 0.342. The monoisotopic (exact) mass is 195 g/mol. The van der Waals surface area contributed by atoms with Crippen molar-refractivity contribution in [2.24, 2.45) is 0 Å². The van der Waals surface area contributed by atoms with Crippen LogP contribution in [0.2, 0.25) is 0 Å². The molecule has 0 aliphatic rings. The van der Waals surface area contributed by atoms with Crippen LogP contribution in [0.4, 0.5) is 10.5 Å². The van der Waals surface area contributed by atoms with E-state index in [1.54, 1.807) is 24.5 Å². The third-order valence-corrected chi connectivity index (χ3v) is 1.38. The Morgan fingerprint density at radius 2 is 2.21 bits per heavy atom. The van der Waals surface area contributed by atoms with Gasteiger partial charge in [0.15, 0.2) is 5.69 Å². The molecule has 2 N–H and O–H groups in total. The molecule has 4 nitrogen and oxygen atoms in total. The SMILES string of the molecule is CC(C)(C)OC(=O)[NH2+]c1cccnc1. The van der Waals surface area contributed by atoms with Crippen molar-refractivity contribution >= 4 is 11.8 Å². The minimum Gasteiger partial charge on any atom is -0.414 e. The first kappa shape index (κ1) is 10.7. The molecule has 76 valence electrons. The van der Waals surface area contributed by atoms with Gasteiger partial charge in [-0.25, -0.2) is 5.32 Å². The Morgan fingerprint density at radius 3 is 2.71 bits per heavy atom. The van der Waals surface area contributed by atoms with Gasteiger partial charge in [-0.15, -0.1) is 0 Å². The fourth-order valence-corrected chi connectivity index (χ4v) is 0.929. The Kier molecular flexibility index (Phi) is 3.19. The summed E-state index contributed by atoms with van der Waals surface area (Å²) in [6.07, 6.45) is 2.93. The van der Waals surface area contributed by atoms with Gasteiger partial charge in [0.25, 0.3) is 0 Å². The van der Waals surface area contributed by atoms with Crippen LogP contribution < -0.4 is 5.32 Å². The van der Waals surface area contributed by atoms with E-state index in [0.717, 1.165) is 5.69 Å². The van der Waals surface area contributed by atoms with Crippen LogP contribution in [0.3, 0.4) is 0 Å². The molecule has 0 radical (unpaired) electrons. The van der Waals surface area contributed by atoms with E-state index in [1.807, 2.05) is 20.8 Å². The van der Waals surface area contributed by atoms with Crippen molar-refractivity contribution in [1.29, 1.82) is 0 Å². The molecule has 1 rings (SSSR count). The fraction of sp³-hybridized carbons (Fsp3) is 0.400. The molecule has 0 aliphatic heterocycles. The summed E-state index contributed by atoms with van der Waals surface area (Å²) in [5.41, 5.74) is 0.303. The molecule has 1 amide bonds. The highest BCUT2D eigenvalue weighted by molar-refractivity contribution is 5.59. The molecule has 4 heteroatoms. The molecule has 0 spiro atoms. The van der Waals surface area contributed by atoms with E-state index < -0.39 is 5.60 Å². The fourth-order valence-electron chi connectivity index (χ4n) is 0.929. The Hall–Kier alpha value is -1.42. The van der Waals surface area contributed by atoms with Crippen molar-refractivity contribution in [1.82, 2.24) is 4.98 Å². The van der Waals surface area contributed by atoms with Crippen molar-refractivity contribution in [2.45, 2.75) is 26.4 Å². The summed E-state index contributed by atoms with van der Waals surface area (Å²) < 4.78 is 5.12. The van der Waals surface area contributed by atoms with Gasteiger partial charge in [-0.05, 0) is 26.8 Å². The number of amides is 1. The Balaban J connectivity index is 2.50. The summed E-state index contributed by atoms with van der Waals surface area (Å²) in [4.78, 5) is 15.2. The highest BCUT2D eigenvalue weighted by Crippen LogP contribution is 2.05. The number of nitrogens with two attached hydrogens (primary N) is 1. The molecule has 1 heterocycles. The second-order valence-electron chi connectivity index (χ2n) is 3.96. The molecule has 0 atom stereocenters. The first-order valence-electron chi connectivity index (χ1n) is 4.45. The number of nitrogens with zero attached hydrogens (tertiary/aromatic N) is 1. The molecular formula is C10H15N2O2+. The lowest BCUT2D eigenvalue weighted by Crippen LogP contribution is -2.83. The largest absolute Gasteiger partial charge is 0.518 e. The molecule has 0 fully saturated rings. The molecular weight excluding hydrogens is 180 g/mol. The summed E-state index contributed by atoms with van der Waals surface area (Å²) in [7, 11) is 0.